The molecule has 1 saturated carbocycles. The number of hydrogen-bond donors (Lipinski definition) is 2. The second-order valence-electron chi connectivity index (χ2n) is 5.04. The molecule has 2 N–H and O–H groups in total. The highest BCUT2D eigenvalue weighted by molar-refractivity contribution is 5.34. The molecule has 2 heterocycles. The largest absolute Gasteiger partial charge is 0.348 e. The Balaban J connectivity index is 0.000000136. The van der Waals surface area contributed by atoms with Gasteiger partial charge in [0.1, 0.15) is 11.6 Å². The first-order valence-corrected chi connectivity index (χ1v) is 6.66. The van der Waals surface area contributed by atoms with Crippen molar-refractivity contribution >= 4 is 6.08 Å². The van der Waals surface area contributed by atoms with Crippen LogP contribution in [0, 0.1) is 11.8 Å². The number of imidazole rings is 2. The zero-order valence-corrected chi connectivity index (χ0v) is 10.8. The molecule has 98 valence electrons. The summed E-state index contributed by atoms with van der Waals surface area (Å²) in [5.41, 5.74) is 0. The molecule has 2 bridgehead atoms. The molecule has 1 fully saturated rings. The van der Waals surface area contributed by atoms with Gasteiger partial charge in [0.15, 0.2) is 0 Å². The average molecular weight is 254 g/mol. The Hall–Kier alpha value is -2.10. The minimum absolute atomic E-state index is 0.676. The minimum atomic E-state index is 0.676. The lowest BCUT2D eigenvalue weighted by Gasteiger charge is -2.14. The number of aromatic amines is 2. The number of nitrogens with one attached hydrogen (secondary N) is 2. The van der Waals surface area contributed by atoms with Gasteiger partial charge in [-0.25, -0.2) is 9.97 Å². The zero-order chi connectivity index (χ0) is 13.1. The summed E-state index contributed by atoms with van der Waals surface area (Å²) < 4.78 is 0. The monoisotopic (exact) mass is 254 g/mol. The smallest absolute Gasteiger partial charge is 0.129 e. The summed E-state index contributed by atoms with van der Waals surface area (Å²) in [5.74, 6) is 4.29. The predicted molar refractivity (Wildman–Crippen MR) is 75.4 cm³/mol. The summed E-state index contributed by atoms with van der Waals surface area (Å²) >= 11 is 0. The van der Waals surface area contributed by atoms with Gasteiger partial charge in [0.05, 0.1) is 0 Å². The lowest BCUT2D eigenvalue weighted by molar-refractivity contribution is 0.558. The van der Waals surface area contributed by atoms with Crippen molar-refractivity contribution in [3.8, 4) is 0 Å². The van der Waals surface area contributed by atoms with E-state index in [0.29, 0.717) is 5.92 Å². The Morgan fingerprint density at radius 3 is 2.42 bits per heavy atom. The van der Waals surface area contributed by atoms with Crippen molar-refractivity contribution in [1.29, 1.82) is 0 Å². The maximum absolute atomic E-state index is 4.33. The van der Waals surface area contributed by atoms with Crippen LogP contribution >= 0.6 is 0 Å². The van der Waals surface area contributed by atoms with Crippen LogP contribution in [0.2, 0.25) is 0 Å². The van der Waals surface area contributed by atoms with Crippen LogP contribution in [0.1, 0.15) is 30.4 Å². The molecular formula is C15H18N4. The molecular weight excluding hydrogens is 236 g/mol. The number of rotatable bonds is 2. The Kier molecular flexibility index (Phi) is 3.31. The summed E-state index contributed by atoms with van der Waals surface area (Å²) in [6.45, 7) is 3.51. The highest BCUT2D eigenvalue weighted by Gasteiger charge is 2.37. The summed E-state index contributed by atoms with van der Waals surface area (Å²) in [7, 11) is 0. The molecule has 2 aromatic heterocycles. The van der Waals surface area contributed by atoms with Crippen LogP contribution in [-0.2, 0) is 0 Å². The third-order valence-electron chi connectivity index (χ3n) is 3.86. The van der Waals surface area contributed by atoms with E-state index in [4.69, 9.17) is 0 Å². The summed E-state index contributed by atoms with van der Waals surface area (Å²) in [6, 6.07) is 0. The summed E-state index contributed by atoms with van der Waals surface area (Å²) in [6.07, 6.45) is 16.3. The van der Waals surface area contributed by atoms with Gasteiger partial charge in [-0.1, -0.05) is 18.7 Å². The number of nitrogens with zero attached hydrogens (tertiary/aromatic N) is 2. The maximum Gasteiger partial charge on any atom is 0.129 e. The molecule has 2 aliphatic rings. The molecule has 0 aromatic carbocycles. The number of H-pyrrole nitrogens is 2. The van der Waals surface area contributed by atoms with Gasteiger partial charge in [-0.05, 0) is 30.8 Å². The van der Waals surface area contributed by atoms with E-state index in [9.17, 15) is 0 Å². The van der Waals surface area contributed by atoms with Crippen molar-refractivity contribution in [3.05, 3.63) is 55.2 Å². The van der Waals surface area contributed by atoms with Gasteiger partial charge in [0.25, 0.3) is 0 Å². The second kappa shape index (κ2) is 5.26. The molecule has 3 unspecified atom stereocenters. The van der Waals surface area contributed by atoms with Crippen LogP contribution in [0.4, 0.5) is 0 Å². The van der Waals surface area contributed by atoms with E-state index in [-0.39, 0.29) is 0 Å². The standard InChI is InChI=1S/C10H12N2.C5H6N2/c1-2-8-5-7(1)6-9(8)10-11-3-4-12-10;1-2-5-6-3-4-7-5/h1-4,7-9H,5-6H2,(H,11,12);2-4H,1H2,(H,6,7). The Labute approximate surface area is 112 Å². The molecule has 0 radical (unpaired) electrons. The fourth-order valence-electron chi connectivity index (χ4n) is 2.96. The van der Waals surface area contributed by atoms with Gasteiger partial charge >= 0.3 is 0 Å². The minimum Gasteiger partial charge on any atom is -0.348 e. The molecule has 2 aromatic rings. The van der Waals surface area contributed by atoms with Gasteiger partial charge in [-0.15, -0.1) is 0 Å². The molecule has 4 heteroatoms. The zero-order valence-electron chi connectivity index (χ0n) is 10.8. The highest BCUT2D eigenvalue weighted by atomic mass is 14.9. The Morgan fingerprint density at radius 1 is 1.11 bits per heavy atom. The van der Waals surface area contributed by atoms with E-state index >= 15 is 0 Å². The SMILES string of the molecule is C1=CC2CC1CC2c1ncc[nH]1.C=Cc1ncc[nH]1. The van der Waals surface area contributed by atoms with Crippen molar-refractivity contribution in [2.24, 2.45) is 11.8 Å². The fraction of sp³-hybridized carbons (Fsp3) is 0.333. The van der Waals surface area contributed by atoms with Gasteiger partial charge in [0, 0.05) is 30.7 Å². The number of hydrogen-bond acceptors (Lipinski definition) is 2. The quantitative estimate of drug-likeness (QED) is 0.809. The normalized spacial score (nSPS) is 27.1. The van der Waals surface area contributed by atoms with E-state index in [2.05, 4.69) is 38.7 Å². The molecule has 2 aliphatic carbocycles. The van der Waals surface area contributed by atoms with Crippen LogP contribution in [0.3, 0.4) is 0 Å². The van der Waals surface area contributed by atoms with Crippen molar-refractivity contribution < 1.29 is 0 Å². The number of fused-ring (bicyclic) bond motifs is 2. The second-order valence-corrected chi connectivity index (χ2v) is 5.04. The van der Waals surface area contributed by atoms with Gasteiger partial charge < -0.3 is 9.97 Å². The third kappa shape index (κ3) is 2.52. The topological polar surface area (TPSA) is 57.4 Å². The summed E-state index contributed by atoms with van der Waals surface area (Å²) in [5, 5.41) is 0. The number of allylic oxidation sites excluding steroid dienone is 2. The van der Waals surface area contributed by atoms with Crippen LogP contribution < -0.4 is 0 Å². The Morgan fingerprint density at radius 2 is 1.95 bits per heavy atom. The van der Waals surface area contributed by atoms with E-state index in [1.54, 1.807) is 18.5 Å². The molecule has 19 heavy (non-hydrogen) atoms. The van der Waals surface area contributed by atoms with Crippen molar-refractivity contribution in [1.82, 2.24) is 19.9 Å². The molecule has 4 rings (SSSR count). The fourth-order valence-corrected chi connectivity index (χ4v) is 2.96. The molecule has 4 nitrogen and oxygen atoms in total. The van der Waals surface area contributed by atoms with Crippen molar-refractivity contribution in [2.75, 3.05) is 0 Å². The van der Waals surface area contributed by atoms with Gasteiger partial charge in [0.2, 0.25) is 0 Å². The van der Waals surface area contributed by atoms with E-state index in [1.165, 1.54) is 18.7 Å². The lowest BCUT2D eigenvalue weighted by atomic mass is 9.93. The van der Waals surface area contributed by atoms with Crippen molar-refractivity contribution in [3.63, 3.8) is 0 Å². The van der Waals surface area contributed by atoms with Crippen LogP contribution in [-0.4, -0.2) is 19.9 Å². The average Bonchev–Trinajstić information content (AvgIpc) is 3.21. The van der Waals surface area contributed by atoms with Crippen LogP contribution in [0.5, 0.6) is 0 Å². The first-order valence-electron chi connectivity index (χ1n) is 6.66. The first-order chi connectivity index (χ1) is 9.36. The van der Waals surface area contributed by atoms with E-state index in [1.807, 2.05) is 12.4 Å². The third-order valence-corrected chi connectivity index (χ3v) is 3.86. The maximum atomic E-state index is 4.33. The van der Waals surface area contributed by atoms with E-state index < -0.39 is 0 Å². The first kappa shape index (κ1) is 12.0. The highest BCUT2D eigenvalue weighted by Crippen LogP contribution is 2.47. The van der Waals surface area contributed by atoms with Gasteiger partial charge in [-0.2, -0.15) is 0 Å². The molecule has 0 saturated heterocycles. The van der Waals surface area contributed by atoms with Crippen LogP contribution in [0.15, 0.2) is 43.5 Å². The molecule has 3 atom stereocenters. The molecule has 0 aliphatic heterocycles. The van der Waals surface area contributed by atoms with Crippen molar-refractivity contribution in [2.45, 2.75) is 18.8 Å². The lowest BCUT2D eigenvalue weighted by Crippen LogP contribution is -2.06. The summed E-state index contributed by atoms with van der Waals surface area (Å²) in [4.78, 5) is 14.3. The molecule has 0 amide bonds. The Bertz CT molecular complexity index is 539. The van der Waals surface area contributed by atoms with Gasteiger partial charge in [-0.3, -0.25) is 0 Å². The molecule has 0 spiro atoms. The van der Waals surface area contributed by atoms with E-state index in [0.717, 1.165) is 17.7 Å². The predicted octanol–water partition coefficient (Wildman–Crippen LogP) is 3.14. The number of aromatic nitrogens is 4. The van der Waals surface area contributed by atoms with Crippen LogP contribution in [0.25, 0.3) is 6.08 Å².